The number of benzene rings is 3. The molecule has 1 heterocycles. The highest BCUT2D eigenvalue weighted by Gasteiger charge is 2.30. The minimum Gasteiger partial charge on any atom is -0.493 e. The van der Waals surface area contributed by atoms with Gasteiger partial charge in [0.25, 0.3) is 0 Å². The van der Waals surface area contributed by atoms with Gasteiger partial charge in [0.05, 0.1) is 24.7 Å². The van der Waals surface area contributed by atoms with Crippen molar-refractivity contribution >= 4 is 17.6 Å². The molecule has 0 aromatic heterocycles. The van der Waals surface area contributed by atoms with Crippen molar-refractivity contribution in [2.45, 2.75) is 19.1 Å². The summed E-state index contributed by atoms with van der Waals surface area (Å²) in [5.41, 5.74) is 2.62. The average Bonchev–Trinajstić information content (AvgIpc) is 3.47. The maximum Gasteiger partial charge on any atom is 0.340 e. The van der Waals surface area contributed by atoms with Gasteiger partial charge in [-0.25, -0.2) is 4.79 Å². The number of carbonyl (C=O) groups is 2. The molecule has 8 nitrogen and oxygen atoms in total. The van der Waals surface area contributed by atoms with Crippen LogP contribution in [0.4, 0.5) is 5.69 Å². The van der Waals surface area contributed by atoms with E-state index in [1.807, 2.05) is 30.3 Å². The number of esters is 2. The smallest absolute Gasteiger partial charge is 0.340 e. The molecule has 3 aromatic carbocycles. The maximum atomic E-state index is 13.2. The number of rotatable bonds is 9. The van der Waals surface area contributed by atoms with Crippen LogP contribution in [0.1, 0.15) is 29.2 Å². The number of nitriles is 1. The molecule has 1 aliphatic heterocycles. The Morgan fingerprint density at radius 2 is 1.86 bits per heavy atom. The molecule has 8 heteroatoms. The third-order valence-corrected chi connectivity index (χ3v) is 5.91. The zero-order valence-electron chi connectivity index (χ0n) is 19.9. The first-order chi connectivity index (χ1) is 17.6. The molecule has 2 unspecified atom stereocenters. The van der Waals surface area contributed by atoms with Gasteiger partial charge in [0.2, 0.25) is 0 Å². The molecule has 0 amide bonds. The van der Waals surface area contributed by atoms with E-state index in [0.717, 1.165) is 5.56 Å². The summed E-state index contributed by atoms with van der Waals surface area (Å²) in [4.78, 5) is 25.7. The summed E-state index contributed by atoms with van der Waals surface area (Å²) in [6.45, 7) is 1.55. The lowest BCUT2D eigenvalue weighted by molar-refractivity contribution is -0.162. The fourth-order valence-electron chi connectivity index (χ4n) is 3.90. The quantitative estimate of drug-likeness (QED) is 0.346. The Hall–Kier alpha value is -4.35. The Morgan fingerprint density at radius 3 is 2.53 bits per heavy atom. The van der Waals surface area contributed by atoms with Crippen LogP contribution < -0.4 is 20.1 Å². The summed E-state index contributed by atoms with van der Waals surface area (Å²) in [6.07, 6.45) is 0.626. The third-order valence-electron chi connectivity index (χ3n) is 5.91. The van der Waals surface area contributed by atoms with Gasteiger partial charge in [-0.15, -0.1) is 0 Å². The van der Waals surface area contributed by atoms with Crippen LogP contribution in [-0.4, -0.2) is 32.1 Å². The van der Waals surface area contributed by atoms with E-state index in [1.54, 1.807) is 42.5 Å². The summed E-state index contributed by atoms with van der Waals surface area (Å²) in [5.74, 6) is -0.673. The minimum atomic E-state index is -0.992. The highest BCUT2D eigenvalue weighted by molar-refractivity contribution is 5.92. The molecule has 1 fully saturated rings. The predicted octanol–water partition coefficient (Wildman–Crippen LogP) is 3.98. The number of carbonyl (C=O) groups excluding carboxylic acids is 2. The molecule has 0 saturated carbocycles. The van der Waals surface area contributed by atoms with Gasteiger partial charge in [-0.1, -0.05) is 36.4 Å². The number of anilines is 1. The van der Waals surface area contributed by atoms with Crippen molar-refractivity contribution in [2.75, 3.05) is 25.5 Å². The molecule has 0 aliphatic carbocycles. The second-order valence-corrected chi connectivity index (χ2v) is 8.38. The minimum absolute atomic E-state index is 0.354. The summed E-state index contributed by atoms with van der Waals surface area (Å²) in [6, 6.07) is 22.6. The molecular weight excluding hydrogens is 458 g/mol. The van der Waals surface area contributed by atoms with Gasteiger partial charge in [0.1, 0.15) is 6.61 Å². The number of methoxy groups -OCH3 is 1. The van der Waals surface area contributed by atoms with Crippen LogP contribution in [0.2, 0.25) is 0 Å². The predicted molar refractivity (Wildman–Crippen MR) is 133 cm³/mol. The van der Waals surface area contributed by atoms with Crippen molar-refractivity contribution in [3.05, 3.63) is 89.5 Å². The van der Waals surface area contributed by atoms with Gasteiger partial charge in [0.15, 0.2) is 17.5 Å². The lowest BCUT2D eigenvalue weighted by Crippen LogP contribution is -2.29. The molecule has 3 aromatic rings. The van der Waals surface area contributed by atoms with Crippen LogP contribution >= 0.6 is 0 Å². The number of nitrogens with one attached hydrogen (secondary N) is 2. The third kappa shape index (κ3) is 6.20. The van der Waals surface area contributed by atoms with E-state index in [-0.39, 0.29) is 5.92 Å². The number of hydrogen-bond acceptors (Lipinski definition) is 8. The van der Waals surface area contributed by atoms with E-state index >= 15 is 0 Å². The Morgan fingerprint density at radius 1 is 1.08 bits per heavy atom. The van der Waals surface area contributed by atoms with Gasteiger partial charge in [-0.3, -0.25) is 4.79 Å². The molecular formula is C28H27N3O5. The molecule has 184 valence electrons. The van der Waals surface area contributed by atoms with Crippen LogP contribution in [-0.2, 0) is 20.9 Å². The standard InChI is InChI=1S/C28H27N3O5/c1-34-25-15-21(9-12-24(25)35-18-20-5-3-2-4-6-20)26(31-23-10-7-19(16-29)8-11-23)28(33)36-27(32)22-13-14-30-17-22/h2-12,15,22,26,30-31H,13-14,17-18H2,1H3. The Bertz CT molecular complexity index is 1230. The Kier molecular flexibility index (Phi) is 8.16. The first kappa shape index (κ1) is 24.8. The van der Waals surface area contributed by atoms with Gasteiger partial charge in [0, 0.05) is 12.2 Å². The van der Waals surface area contributed by atoms with Gasteiger partial charge >= 0.3 is 11.9 Å². The topological polar surface area (TPSA) is 110 Å². The van der Waals surface area contributed by atoms with E-state index in [4.69, 9.17) is 19.5 Å². The van der Waals surface area contributed by atoms with Crippen molar-refractivity contribution in [1.29, 1.82) is 5.26 Å². The highest BCUT2D eigenvalue weighted by atomic mass is 16.6. The fourth-order valence-corrected chi connectivity index (χ4v) is 3.90. The first-order valence-electron chi connectivity index (χ1n) is 11.6. The maximum absolute atomic E-state index is 13.2. The van der Waals surface area contributed by atoms with Gasteiger partial charge in [-0.2, -0.15) is 5.26 Å². The van der Waals surface area contributed by atoms with Crippen molar-refractivity contribution in [1.82, 2.24) is 5.32 Å². The SMILES string of the molecule is COc1cc(C(Nc2ccc(C#N)cc2)C(=O)OC(=O)C2CCNC2)ccc1OCc1ccccc1. The van der Waals surface area contributed by atoms with Crippen molar-refractivity contribution in [3.63, 3.8) is 0 Å². The van der Waals surface area contributed by atoms with Gasteiger partial charge < -0.3 is 24.8 Å². The Balaban J connectivity index is 1.57. The fraction of sp³-hybridized carbons (Fsp3) is 0.250. The average molecular weight is 486 g/mol. The number of nitrogens with zero attached hydrogens (tertiary/aromatic N) is 1. The summed E-state index contributed by atoms with van der Waals surface area (Å²) in [7, 11) is 1.52. The molecule has 1 saturated heterocycles. The number of ether oxygens (including phenoxy) is 3. The van der Waals surface area contributed by atoms with E-state index < -0.39 is 18.0 Å². The van der Waals surface area contributed by atoms with Crippen LogP contribution in [0.3, 0.4) is 0 Å². The monoisotopic (exact) mass is 485 g/mol. The lowest BCUT2D eigenvalue weighted by Gasteiger charge is -2.21. The molecule has 36 heavy (non-hydrogen) atoms. The van der Waals surface area contributed by atoms with Crippen molar-refractivity contribution < 1.29 is 23.8 Å². The molecule has 2 atom stereocenters. The molecule has 4 rings (SSSR count). The van der Waals surface area contributed by atoms with Crippen molar-refractivity contribution in [2.24, 2.45) is 5.92 Å². The molecule has 1 aliphatic rings. The van der Waals surface area contributed by atoms with Crippen LogP contribution in [0, 0.1) is 17.2 Å². The molecule has 0 spiro atoms. The summed E-state index contributed by atoms with van der Waals surface area (Å²) < 4.78 is 16.7. The summed E-state index contributed by atoms with van der Waals surface area (Å²) >= 11 is 0. The zero-order chi connectivity index (χ0) is 25.3. The van der Waals surface area contributed by atoms with E-state index in [2.05, 4.69) is 16.7 Å². The molecule has 0 bridgehead atoms. The second kappa shape index (κ2) is 11.9. The zero-order valence-corrected chi connectivity index (χ0v) is 19.9. The van der Waals surface area contributed by atoms with E-state index in [9.17, 15) is 9.59 Å². The van der Waals surface area contributed by atoms with Crippen LogP contribution in [0.15, 0.2) is 72.8 Å². The first-order valence-corrected chi connectivity index (χ1v) is 11.6. The summed E-state index contributed by atoms with van der Waals surface area (Å²) in [5, 5.41) is 15.3. The van der Waals surface area contributed by atoms with E-state index in [1.165, 1.54) is 7.11 Å². The van der Waals surface area contributed by atoms with Crippen LogP contribution in [0.5, 0.6) is 11.5 Å². The Labute approximate surface area is 209 Å². The normalized spacial score (nSPS) is 15.4. The van der Waals surface area contributed by atoms with Gasteiger partial charge in [-0.05, 0) is 60.5 Å². The number of hydrogen-bond donors (Lipinski definition) is 2. The molecule has 0 radical (unpaired) electrons. The van der Waals surface area contributed by atoms with Crippen LogP contribution in [0.25, 0.3) is 0 Å². The highest BCUT2D eigenvalue weighted by Crippen LogP contribution is 2.33. The lowest BCUT2D eigenvalue weighted by atomic mass is 10.0. The molecule has 2 N–H and O–H groups in total. The largest absolute Gasteiger partial charge is 0.493 e. The second-order valence-electron chi connectivity index (χ2n) is 8.38. The van der Waals surface area contributed by atoms with Crippen molar-refractivity contribution in [3.8, 4) is 17.6 Å². The van der Waals surface area contributed by atoms with E-state index in [0.29, 0.717) is 54.4 Å².